The number of carbonyl (C=O) groups excluding carboxylic acids is 4. The SMILES string of the molecule is O=C1C=C(C(Nc2ccccc2)Nc2ccccc2)C(=O)N1.O=C1C=CC(=O)N1. The summed E-state index contributed by atoms with van der Waals surface area (Å²) >= 11 is 0. The van der Waals surface area contributed by atoms with Crippen LogP contribution in [0.4, 0.5) is 11.4 Å². The van der Waals surface area contributed by atoms with Crippen LogP contribution < -0.4 is 21.3 Å². The van der Waals surface area contributed by atoms with Crippen molar-refractivity contribution < 1.29 is 19.2 Å². The highest BCUT2D eigenvalue weighted by Gasteiger charge is 2.28. The second-order valence-corrected chi connectivity index (χ2v) is 6.06. The van der Waals surface area contributed by atoms with Crippen molar-refractivity contribution >= 4 is 35.0 Å². The van der Waals surface area contributed by atoms with E-state index in [0.717, 1.165) is 11.4 Å². The summed E-state index contributed by atoms with van der Waals surface area (Å²) < 4.78 is 0. The quantitative estimate of drug-likeness (QED) is 0.452. The standard InChI is InChI=1S/C17H15N3O2.C4H3NO2/c21-15-11-14(17(22)20-15)16(18-12-7-3-1-4-8-12)19-13-9-5-2-6-10-13;6-3-1-2-4(7)5-3/h1-11,16,18-19H,(H,20,21,22);1-2H,(H,5,6,7). The van der Waals surface area contributed by atoms with Crippen LogP contribution in [-0.4, -0.2) is 29.8 Å². The molecule has 146 valence electrons. The molecule has 0 radical (unpaired) electrons. The van der Waals surface area contributed by atoms with E-state index in [4.69, 9.17) is 0 Å². The molecule has 0 spiro atoms. The van der Waals surface area contributed by atoms with Gasteiger partial charge in [0, 0.05) is 29.6 Å². The molecule has 2 heterocycles. The van der Waals surface area contributed by atoms with Crippen molar-refractivity contribution in [3.05, 3.63) is 84.5 Å². The molecule has 0 saturated carbocycles. The molecule has 0 aromatic heterocycles. The first-order valence-electron chi connectivity index (χ1n) is 8.74. The Bertz CT molecular complexity index is 927. The van der Waals surface area contributed by atoms with Crippen molar-refractivity contribution in [2.45, 2.75) is 6.17 Å². The third-order valence-electron chi connectivity index (χ3n) is 3.90. The highest BCUT2D eigenvalue weighted by Crippen LogP contribution is 2.18. The summed E-state index contributed by atoms with van der Waals surface area (Å²) in [5.74, 6) is -1.44. The Labute approximate surface area is 166 Å². The van der Waals surface area contributed by atoms with Crippen molar-refractivity contribution in [3.8, 4) is 0 Å². The molecule has 0 saturated heterocycles. The highest BCUT2D eigenvalue weighted by atomic mass is 16.2. The Kier molecular flexibility index (Phi) is 6.16. The maximum atomic E-state index is 11.9. The van der Waals surface area contributed by atoms with E-state index in [1.807, 2.05) is 66.0 Å². The van der Waals surface area contributed by atoms with Gasteiger partial charge in [-0.3, -0.25) is 29.8 Å². The number of imide groups is 2. The number of para-hydroxylation sites is 2. The molecule has 4 amide bonds. The lowest BCUT2D eigenvalue weighted by atomic mass is 10.1. The predicted octanol–water partition coefficient (Wildman–Crippen LogP) is 1.32. The van der Waals surface area contributed by atoms with Crippen LogP contribution in [0.2, 0.25) is 0 Å². The number of hydrogen-bond donors (Lipinski definition) is 4. The van der Waals surface area contributed by atoms with Crippen LogP contribution in [0.5, 0.6) is 0 Å². The summed E-state index contributed by atoms with van der Waals surface area (Å²) in [6, 6.07) is 19.0. The van der Waals surface area contributed by atoms with E-state index in [0.29, 0.717) is 5.57 Å². The second kappa shape index (κ2) is 9.14. The van der Waals surface area contributed by atoms with Gasteiger partial charge in [-0.2, -0.15) is 0 Å². The minimum absolute atomic E-state index is 0.329. The lowest BCUT2D eigenvalue weighted by Crippen LogP contribution is -2.35. The molecule has 0 unspecified atom stereocenters. The summed E-state index contributed by atoms with van der Waals surface area (Å²) in [7, 11) is 0. The lowest BCUT2D eigenvalue weighted by molar-refractivity contribution is -0.125. The van der Waals surface area contributed by atoms with Gasteiger partial charge in [0.15, 0.2) is 0 Å². The summed E-state index contributed by atoms with van der Waals surface area (Å²) in [5.41, 5.74) is 2.06. The minimum Gasteiger partial charge on any atom is -0.361 e. The molecule has 0 bridgehead atoms. The van der Waals surface area contributed by atoms with E-state index in [2.05, 4.69) is 16.0 Å². The maximum Gasteiger partial charge on any atom is 0.258 e. The van der Waals surface area contributed by atoms with Crippen LogP contribution in [-0.2, 0) is 19.2 Å². The van der Waals surface area contributed by atoms with E-state index < -0.39 is 12.1 Å². The van der Waals surface area contributed by atoms with Gasteiger partial charge in [-0.25, -0.2) is 0 Å². The number of hydrogen-bond acceptors (Lipinski definition) is 6. The number of benzene rings is 2. The summed E-state index contributed by atoms with van der Waals surface area (Å²) in [6.07, 6.45) is 3.21. The minimum atomic E-state index is -0.503. The van der Waals surface area contributed by atoms with E-state index in [1.165, 1.54) is 18.2 Å². The van der Waals surface area contributed by atoms with Crippen LogP contribution in [0.1, 0.15) is 0 Å². The molecular weight excluding hydrogens is 372 g/mol. The van der Waals surface area contributed by atoms with Gasteiger partial charge in [-0.1, -0.05) is 36.4 Å². The Hall–Kier alpha value is -4.20. The zero-order chi connectivity index (χ0) is 20.6. The largest absolute Gasteiger partial charge is 0.361 e. The van der Waals surface area contributed by atoms with E-state index >= 15 is 0 Å². The van der Waals surface area contributed by atoms with Gasteiger partial charge in [-0.05, 0) is 24.3 Å². The third-order valence-corrected chi connectivity index (χ3v) is 3.90. The molecule has 2 aromatic rings. The molecule has 2 aliphatic heterocycles. The topological polar surface area (TPSA) is 116 Å². The Morgan fingerprint density at radius 3 is 1.45 bits per heavy atom. The fourth-order valence-electron chi connectivity index (χ4n) is 2.59. The summed E-state index contributed by atoms with van der Waals surface area (Å²) in [4.78, 5) is 43.4. The maximum absolute atomic E-state index is 11.9. The normalized spacial score (nSPS) is 14.7. The number of amides is 4. The number of rotatable bonds is 5. The number of nitrogens with one attached hydrogen (secondary N) is 4. The highest BCUT2D eigenvalue weighted by molar-refractivity contribution is 6.17. The first-order valence-corrected chi connectivity index (χ1v) is 8.74. The van der Waals surface area contributed by atoms with Gasteiger partial charge in [0.2, 0.25) is 0 Å². The van der Waals surface area contributed by atoms with Gasteiger partial charge in [0.25, 0.3) is 23.6 Å². The average molecular weight is 390 g/mol. The number of anilines is 2. The fourth-order valence-corrected chi connectivity index (χ4v) is 2.59. The molecule has 4 rings (SSSR count). The van der Waals surface area contributed by atoms with Gasteiger partial charge in [0.05, 0.1) is 5.57 Å². The van der Waals surface area contributed by atoms with Gasteiger partial charge < -0.3 is 10.6 Å². The molecule has 2 aliphatic rings. The summed E-state index contributed by atoms with van der Waals surface area (Å²) in [6.45, 7) is 0. The molecule has 0 fully saturated rings. The van der Waals surface area contributed by atoms with E-state index in [1.54, 1.807) is 0 Å². The van der Waals surface area contributed by atoms with Crippen LogP contribution >= 0.6 is 0 Å². The van der Waals surface area contributed by atoms with Crippen molar-refractivity contribution in [2.75, 3.05) is 10.6 Å². The van der Waals surface area contributed by atoms with E-state index in [9.17, 15) is 19.2 Å². The molecular formula is C21H18N4O4. The summed E-state index contributed by atoms with van der Waals surface area (Å²) in [5, 5.41) is 10.8. The van der Waals surface area contributed by atoms with Crippen molar-refractivity contribution in [1.82, 2.24) is 10.6 Å². The number of carbonyl (C=O) groups is 4. The zero-order valence-corrected chi connectivity index (χ0v) is 15.2. The van der Waals surface area contributed by atoms with Crippen molar-refractivity contribution in [3.63, 3.8) is 0 Å². The van der Waals surface area contributed by atoms with Crippen LogP contribution in [0.25, 0.3) is 0 Å². The molecule has 8 heteroatoms. The van der Waals surface area contributed by atoms with E-state index in [-0.39, 0.29) is 17.7 Å². The van der Waals surface area contributed by atoms with Gasteiger partial charge in [-0.15, -0.1) is 0 Å². The fraction of sp³-hybridized carbons (Fsp3) is 0.0476. The molecule has 2 aromatic carbocycles. The van der Waals surface area contributed by atoms with Crippen LogP contribution in [0.15, 0.2) is 84.5 Å². The average Bonchev–Trinajstić information content (AvgIpc) is 3.26. The predicted molar refractivity (Wildman–Crippen MR) is 107 cm³/mol. The van der Waals surface area contributed by atoms with Gasteiger partial charge >= 0.3 is 0 Å². The van der Waals surface area contributed by atoms with Gasteiger partial charge in [0.1, 0.15) is 6.17 Å². The Morgan fingerprint density at radius 2 is 1.10 bits per heavy atom. The van der Waals surface area contributed by atoms with Crippen molar-refractivity contribution in [2.24, 2.45) is 0 Å². The first-order chi connectivity index (χ1) is 14.0. The zero-order valence-electron chi connectivity index (χ0n) is 15.2. The van der Waals surface area contributed by atoms with Crippen LogP contribution in [0, 0.1) is 0 Å². The second-order valence-electron chi connectivity index (χ2n) is 6.06. The third kappa shape index (κ3) is 5.64. The molecule has 4 N–H and O–H groups in total. The smallest absolute Gasteiger partial charge is 0.258 e. The molecule has 0 atom stereocenters. The lowest BCUT2D eigenvalue weighted by Gasteiger charge is -2.22. The molecule has 0 aliphatic carbocycles. The monoisotopic (exact) mass is 390 g/mol. The van der Waals surface area contributed by atoms with Crippen LogP contribution in [0.3, 0.4) is 0 Å². The molecule has 8 nitrogen and oxygen atoms in total. The molecule has 29 heavy (non-hydrogen) atoms. The Morgan fingerprint density at radius 1 is 0.621 bits per heavy atom. The van der Waals surface area contributed by atoms with Crippen molar-refractivity contribution in [1.29, 1.82) is 0 Å². The first kappa shape index (κ1) is 19.6. The Balaban J connectivity index is 0.000000290.